The van der Waals surface area contributed by atoms with Crippen LogP contribution >= 0.6 is 0 Å². The Morgan fingerprint density at radius 3 is 2.30 bits per heavy atom. The third-order valence-electron chi connectivity index (χ3n) is 3.02. The Morgan fingerprint density at radius 2 is 1.75 bits per heavy atom. The van der Waals surface area contributed by atoms with E-state index in [2.05, 4.69) is 0 Å². The molecule has 0 bridgehead atoms. The number of nitrogens with zero attached hydrogens (tertiary/aromatic N) is 2. The maximum absolute atomic E-state index is 13.5. The first-order valence-corrected chi connectivity index (χ1v) is 6.39. The van der Waals surface area contributed by atoms with Crippen molar-refractivity contribution in [3.05, 3.63) is 35.4 Å². The number of benzene rings is 1. The molecule has 1 aromatic rings. The second-order valence-corrected chi connectivity index (χ2v) is 4.33. The van der Waals surface area contributed by atoms with Gasteiger partial charge in [-0.15, -0.1) is 0 Å². The molecule has 20 heavy (non-hydrogen) atoms. The molecule has 0 aliphatic carbocycles. The van der Waals surface area contributed by atoms with E-state index >= 15 is 0 Å². The van der Waals surface area contributed by atoms with E-state index in [4.69, 9.17) is 0 Å². The van der Waals surface area contributed by atoms with Gasteiger partial charge in [-0.2, -0.15) is 0 Å². The fraction of sp³-hybridized carbons (Fsp3) is 0.429. The number of amides is 2. The van der Waals surface area contributed by atoms with Gasteiger partial charge in [0.2, 0.25) is 5.91 Å². The lowest BCUT2D eigenvalue weighted by Gasteiger charge is -2.23. The topological polar surface area (TPSA) is 40.6 Å². The SMILES string of the molecule is CCN(CC)C(=O)CN(C)C(=O)c1cccc(F)c1F. The highest BCUT2D eigenvalue weighted by atomic mass is 19.2. The van der Waals surface area contributed by atoms with Crippen molar-refractivity contribution in [1.29, 1.82) is 0 Å². The largest absolute Gasteiger partial charge is 0.342 e. The van der Waals surface area contributed by atoms with Gasteiger partial charge in [0.1, 0.15) is 0 Å². The zero-order valence-corrected chi connectivity index (χ0v) is 11.8. The maximum Gasteiger partial charge on any atom is 0.257 e. The van der Waals surface area contributed by atoms with Crippen molar-refractivity contribution in [1.82, 2.24) is 9.80 Å². The van der Waals surface area contributed by atoms with Gasteiger partial charge in [0.05, 0.1) is 12.1 Å². The molecule has 0 aliphatic heterocycles. The zero-order chi connectivity index (χ0) is 15.3. The minimum atomic E-state index is -1.19. The predicted molar refractivity (Wildman–Crippen MR) is 71.2 cm³/mol. The molecule has 0 fully saturated rings. The van der Waals surface area contributed by atoms with Gasteiger partial charge >= 0.3 is 0 Å². The van der Waals surface area contributed by atoms with Gasteiger partial charge in [-0.1, -0.05) is 6.07 Å². The predicted octanol–water partition coefficient (Wildman–Crippen LogP) is 1.91. The molecule has 0 aliphatic rings. The van der Waals surface area contributed by atoms with Crippen LogP contribution in [0.4, 0.5) is 8.78 Å². The van der Waals surface area contributed by atoms with Gasteiger partial charge in [-0.25, -0.2) is 8.78 Å². The van der Waals surface area contributed by atoms with Gasteiger partial charge < -0.3 is 9.80 Å². The van der Waals surface area contributed by atoms with Gasteiger partial charge in [-0.3, -0.25) is 9.59 Å². The summed E-state index contributed by atoms with van der Waals surface area (Å²) in [5.74, 6) is -3.23. The summed E-state index contributed by atoms with van der Waals surface area (Å²) >= 11 is 0. The van der Waals surface area contributed by atoms with Crippen molar-refractivity contribution < 1.29 is 18.4 Å². The molecule has 0 saturated heterocycles. The van der Waals surface area contributed by atoms with Gasteiger partial charge in [0.15, 0.2) is 11.6 Å². The Bertz CT molecular complexity index is 502. The highest BCUT2D eigenvalue weighted by molar-refractivity contribution is 5.96. The van der Waals surface area contributed by atoms with Crippen LogP contribution in [0.1, 0.15) is 24.2 Å². The fourth-order valence-electron chi connectivity index (χ4n) is 1.83. The van der Waals surface area contributed by atoms with Crippen LogP contribution in [0.2, 0.25) is 0 Å². The number of carbonyl (C=O) groups excluding carboxylic acids is 2. The maximum atomic E-state index is 13.5. The van der Waals surface area contributed by atoms with E-state index in [-0.39, 0.29) is 18.0 Å². The third kappa shape index (κ3) is 3.53. The van der Waals surface area contributed by atoms with E-state index in [0.29, 0.717) is 13.1 Å². The number of rotatable bonds is 5. The highest BCUT2D eigenvalue weighted by Gasteiger charge is 2.21. The molecule has 0 heterocycles. The summed E-state index contributed by atoms with van der Waals surface area (Å²) in [7, 11) is 1.38. The van der Waals surface area contributed by atoms with E-state index < -0.39 is 17.5 Å². The van der Waals surface area contributed by atoms with Crippen molar-refractivity contribution >= 4 is 11.8 Å². The van der Waals surface area contributed by atoms with Crippen molar-refractivity contribution in [3.63, 3.8) is 0 Å². The molecular weight excluding hydrogens is 266 g/mol. The summed E-state index contributed by atoms with van der Waals surface area (Å²) in [4.78, 5) is 26.5. The summed E-state index contributed by atoms with van der Waals surface area (Å²) < 4.78 is 26.6. The minimum absolute atomic E-state index is 0.170. The fourth-order valence-corrected chi connectivity index (χ4v) is 1.83. The van der Waals surface area contributed by atoms with E-state index in [9.17, 15) is 18.4 Å². The monoisotopic (exact) mass is 284 g/mol. The number of hydrogen-bond donors (Lipinski definition) is 0. The zero-order valence-electron chi connectivity index (χ0n) is 11.8. The first-order valence-electron chi connectivity index (χ1n) is 6.39. The van der Waals surface area contributed by atoms with Gasteiger partial charge in [-0.05, 0) is 26.0 Å². The molecule has 0 radical (unpaired) electrons. The number of hydrogen-bond acceptors (Lipinski definition) is 2. The standard InChI is InChI=1S/C14H18F2N2O2/c1-4-18(5-2)12(19)9-17(3)14(20)10-7-6-8-11(15)13(10)16/h6-8H,4-5,9H2,1-3H3. The third-order valence-corrected chi connectivity index (χ3v) is 3.02. The van der Waals surface area contributed by atoms with E-state index in [1.807, 2.05) is 13.8 Å². The van der Waals surface area contributed by atoms with Crippen LogP contribution in [0.25, 0.3) is 0 Å². The van der Waals surface area contributed by atoms with Crippen LogP contribution in [0.3, 0.4) is 0 Å². The molecule has 0 atom stereocenters. The Kier molecular flexibility index (Phi) is 5.61. The summed E-state index contributed by atoms with van der Waals surface area (Å²) in [5.41, 5.74) is -0.375. The second-order valence-electron chi connectivity index (χ2n) is 4.33. The summed E-state index contributed by atoms with van der Waals surface area (Å²) in [6.45, 7) is 4.55. The van der Waals surface area contributed by atoms with Crippen molar-refractivity contribution in [3.8, 4) is 0 Å². The van der Waals surface area contributed by atoms with E-state index in [1.54, 1.807) is 4.90 Å². The molecule has 0 spiro atoms. The van der Waals surface area contributed by atoms with Crippen LogP contribution in [-0.4, -0.2) is 48.3 Å². The Hall–Kier alpha value is -1.98. The minimum Gasteiger partial charge on any atom is -0.342 e. The lowest BCUT2D eigenvalue weighted by Crippen LogP contribution is -2.41. The molecule has 110 valence electrons. The van der Waals surface area contributed by atoms with Crippen molar-refractivity contribution in [2.24, 2.45) is 0 Å². The number of likely N-dealkylation sites (N-methyl/N-ethyl adjacent to an activating group) is 2. The van der Waals surface area contributed by atoms with Crippen LogP contribution in [0, 0.1) is 11.6 Å². The molecule has 0 aromatic heterocycles. The molecule has 1 rings (SSSR count). The van der Waals surface area contributed by atoms with E-state index in [0.717, 1.165) is 11.0 Å². The molecule has 6 heteroatoms. The Morgan fingerprint density at radius 1 is 1.15 bits per heavy atom. The number of halogens is 2. The van der Waals surface area contributed by atoms with Gasteiger partial charge in [0, 0.05) is 20.1 Å². The van der Waals surface area contributed by atoms with Crippen LogP contribution < -0.4 is 0 Å². The molecule has 0 saturated carbocycles. The normalized spacial score (nSPS) is 10.2. The van der Waals surface area contributed by atoms with Gasteiger partial charge in [0.25, 0.3) is 5.91 Å². The summed E-state index contributed by atoms with van der Waals surface area (Å²) in [6, 6.07) is 3.39. The van der Waals surface area contributed by atoms with Crippen LogP contribution in [-0.2, 0) is 4.79 Å². The average Bonchev–Trinajstić information content (AvgIpc) is 2.42. The molecule has 4 nitrogen and oxygen atoms in total. The molecular formula is C14H18F2N2O2. The first kappa shape index (κ1) is 16.1. The molecule has 0 N–H and O–H groups in total. The quantitative estimate of drug-likeness (QED) is 0.828. The second kappa shape index (κ2) is 6.98. The van der Waals surface area contributed by atoms with E-state index in [1.165, 1.54) is 19.2 Å². The molecule has 2 amide bonds. The number of carbonyl (C=O) groups is 2. The van der Waals surface area contributed by atoms with Crippen LogP contribution in [0.15, 0.2) is 18.2 Å². The molecule has 1 aromatic carbocycles. The van der Waals surface area contributed by atoms with Crippen LogP contribution in [0.5, 0.6) is 0 Å². The first-order chi connectivity index (χ1) is 9.42. The summed E-state index contributed by atoms with van der Waals surface area (Å²) in [5, 5.41) is 0. The average molecular weight is 284 g/mol. The Balaban J connectivity index is 2.82. The lowest BCUT2D eigenvalue weighted by molar-refractivity contribution is -0.131. The van der Waals surface area contributed by atoms with Crippen molar-refractivity contribution in [2.75, 3.05) is 26.7 Å². The smallest absolute Gasteiger partial charge is 0.257 e. The summed E-state index contributed by atoms with van der Waals surface area (Å²) in [6.07, 6.45) is 0. The highest BCUT2D eigenvalue weighted by Crippen LogP contribution is 2.13. The molecule has 0 unspecified atom stereocenters. The Labute approximate surface area is 117 Å². The lowest BCUT2D eigenvalue weighted by atomic mass is 10.2. The van der Waals surface area contributed by atoms with Crippen molar-refractivity contribution in [2.45, 2.75) is 13.8 Å².